The monoisotopic (exact) mass is 442 g/mol. The van der Waals surface area contributed by atoms with E-state index in [1.54, 1.807) is 21.3 Å². The first-order valence-corrected chi connectivity index (χ1v) is 11.0. The van der Waals surface area contributed by atoms with E-state index >= 15 is 0 Å². The van der Waals surface area contributed by atoms with Crippen molar-refractivity contribution >= 4 is 5.91 Å². The molecular formula is C25H34N2O5. The number of hydrogen-bond donors (Lipinski definition) is 0. The molecule has 7 nitrogen and oxygen atoms in total. The van der Waals surface area contributed by atoms with Crippen LogP contribution in [0.3, 0.4) is 0 Å². The number of hydrogen-bond acceptors (Lipinski definition) is 6. The molecule has 1 aliphatic heterocycles. The number of nitrogens with zero attached hydrogens (tertiary/aromatic N) is 2. The summed E-state index contributed by atoms with van der Waals surface area (Å²) in [6, 6.07) is 11.8. The average Bonchev–Trinajstić information content (AvgIpc) is 2.82. The highest BCUT2D eigenvalue weighted by atomic mass is 16.5. The number of ether oxygens (including phenoxy) is 4. The number of carbonyl (C=O) groups is 1. The Morgan fingerprint density at radius 2 is 1.53 bits per heavy atom. The second-order valence-corrected chi connectivity index (χ2v) is 8.16. The summed E-state index contributed by atoms with van der Waals surface area (Å²) in [7, 11) is 4.85. The van der Waals surface area contributed by atoms with Gasteiger partial charge in [0.05, 0.1) is 21.3 Å². The zero-order chi connectivity index (χ0) is 23.1. The number of carbonyl (C=O) groups excluding carboxylic acids is 1. The van der Waals surface area contributed by atoms with Gasteiger partial charge in [0.25, 0.3) is 5.91 Å². The first kappa shape index (κ1) is 23.7. The molecular weight excluding hydrogens is 408 g/mol. The third kappa shape index (κ3) is 5.65. The van der Waals surface area contributed by atoms with Crippen molar-refractivity contribution in [2.45, 2.75) is 26.3 Å². The van der Waals surface area contributed by atoms with Crippen LogP contribution >= 0.6 is 0 Å². The van der Waals surface area contributed by atoms with Crippen LogP contribution < -0.4 is 18.9 Å². The number of rotatable bonds is 9. The minimum absolute atomic E-state index is 0.0151. The Morgan fingerprint density at radius 3 is 2.09 bits per heavy atom. The molecule has 0 radical (unpaired) electrons. The van der Waals surface area contributed by atoms with Crippen LogP contribution in [0.2, 0.25) is 0 Å². The van der Waals surface area contributed by atoms with E-state index in [1.807, 2.05) is 41.3 Å². The van der Waals surface area contributed by atoms with E-state index in [0.717, 1.165) is 24.4 Å². The van der Waals surface area contributed by atoms with Crippen molar-refractivity contribution in [1.29, 1.82) is 0 Å². The maximum Gasteiger partial charge on any atom is 0.260 e. The first-order chi connectivity index (χ1) is 15.5. The van der Waals surface area contributed by atoms with E-state index in [4.69, 9.17) is 18.9 Å². The standard InChI is InChI=1S/C25H34N2O5/c1-18(2)19-6-9-21(10-7-19)32-17-23(28)27-14-12-26(13-15-27)16-20-8-11-22(29-3)25(31-5)24(20)30-4/h6-11,18H,12-17H2,1-5H3. The van der Waals surface area contributed by atoms with Gasteiger partial charge < -0.3 is 23.8 Å². The van der Waals surface area contributed by atoms with Gasteiger partial charge in [0.2, 0.25) is 5.75 Å². The van der Waals surface area contributed by atoms with Crippen molar-refractivity contribution in [3.05, 3.63) is 47.5 Å². The van der Waals surface area contributed by atoms with Gasteiger partial charge in [0, 0.05) is 38.3 Å². The van der Waals surface area contributed by atoms with Gasteiger partial charge in [-0.25, -0.2) is 0 Å². The highest BCUT2D eigenvalue weighted by Gasteiger charge is 2.23. The molecule has 1 heterocycles. The van der Waals surface area contributed by atoms with Gasteiger partial charge in [-0.3, -0.25) is 9.69 Å². The zero-order valence-electron chi connectivity index (χ0n) is 19.7. The van der Waals surface area contributed by atoms with Crippen molar-refractivity contribution < 1.29 is 23.7 Å². The van der Waals surface area contributed by atoms with Crippen molar-refractivity contribution in [2.24, 2.45) is 0 Å². The van der Waals surface area contributed by atoms with Gasteiger partial charge in [-0.15, -0.1) is 0 Å². The normalized spacial score (nSPS) is 14.4. The molecule has 3 rings (SSSR count). The van der Waals surface area contributed by atoms with Crippen molar-refractivity contribution in [2.75, 3.05) is 54.1 Å². The van der Waals surface area contributed by atoms with E-state index in [1.165, 1.54) is 5.56 Å². The molecule has 1 aliphatic rings. The van der Waals surface area contributed by atoms with Gasteiger partial charge in [-0.1, -0.05) is 32.0 Å². The molecule has 0 saturated carbocycles. The van der Waals surface area contributed by atoms with Crippen LogP contribution in [0.5, 0.6) is 23.0 Å². The Kier molecular flexibility index (Phi) is 8.22. The Morgan fingerprint density at radius 1 is 0.875 bits per heavy atom. The fourth-order valence-electron chi connectivity index (χ4n) is 3.87. The molecule has 32 heavy (non-hydrogen) atoms. The van der Waals surface area contributed by atoms with E-state index in [-0.39, 0.29) is 12.5 Å². The zero-order valence-corrected chi connectivity index (χ0v) is 19.7. The van der Waals surface area contributed by atoms with Crippen LogP contribution in [0.4, 0.5) is 0 Å². The summed E-state index contributed by atoms with van der Waals surface area (Å²) < 4.78 is 22.1. The predicted octanol–water partition coefficient (Wildman–Crippen LogP) is 3.56. The third-order valence-electron chi connectivity index (χ3n) is 5.81. The molecule has 0 aromatic heterocycles. The minimum atomic E-state index is 0.0151. The summed E-state index contributed by atoms with van der Waals surface area (Å²) in [6.07, 6.45) is 0. The Hall–Kier alpha value is -2.93. The molecule has 0 bridgehead atoms. The first-order valence-electron chi connectivity index (χ1n) is 11.0. The van der Waals surface area contributed by atoms with Crippen LogP contribution in [0.1, 0.15) is 30.9 Å². The molecule has 0 unspecified atom stereocenters. The maximum atomic E-state index is 12.6. The summed E-state index contributed by atoms with van der Waals surface area (Å²) in [5.74, 6) is 3.13. The Labute approximate surface area is 190 Å². The van der Waals surface area contributed by atoms with E-state index < -0.39 is 0 Å². The molecule has 2 aromatic rings. The molecule has 0 spiro atoms. The summed E-state index contributed by atoms with van der Waals surface area (Å²) in [4.78, 5) is 16.8. The van der Waals surface area contributed by atoms with Crippen LogP contribution in [0, 0.1) is 0 Å². The van der Waals surface area contributed by atoms with Gasteiger partial charge in [0.1, 0.15) is 5.75 Å². The summed E-state index contributed by atoms with van der Waals surface area (Å²) >= 11 is 0. The van der Waals surface area contributed by atoms with Crippen LogP contribution in [0.25, 0.3) is 0 Å². The molecule has 7 heteroatoms. The average molecular weight is 443 g/mol. The molecule has 0 N–H and O–H groups in total. The Bertz CT molecular complexity index is 890. The molecule has 1 amide bonds. The molecule has 2 aromatic carbocycles. The SMILES string of the molecule is COc1ccc(CN2CCN(C(=O)COc3ccc(C(C)C)cc3)CC2)c(OC)c1OC. The van der Waals surface area contributed by atoms with Gasteiger partial charge in [0.15, 0.2) is 18.1 Å². The fourth-order valence-corrected chi connectivity index (χ4v) is 3.87. The van der Waals surface area contributed by atoms with Crippen molar-refractivity contribution in [3.63, 3.8) is 0 Å². The van der Waals surface area contributed by atoms with Gasteiger partial charge in [-0.2, -0.15) is 0 Å². The lowest BCUT2D eigenvalue weighted by molar-refractivity contribution is -0.135. The van der Waals surface area contributed by atoms with Crippen LogP contribution in [-0.2, 0) is 11.3 Å². The van der Waals surface area contributed by atoms with E-state index in [9.17, 15) is 4.79 Å². The quantitative estimate of drug-likeness (QED) is 0.592. The van der Waals surface area contributed by atoms with Gasteiger partial charge >= 0.3 is 0 Å². The lowest BCUT2D eigenvalue weighted by atomic mass is 10.0. The summed E-state index contributed by atoms with van der Waals surface area (Å²) in [5, 5.41) is 0. The second kappa shape index (κ2) is 11.1. The molecule has 1 fully saturated rings. The van der Waals surface area contributed by atoms with Crippen LogP contribution in [0.15, 0.2) is 36.4 Å². The number of amides is 1. The fraction of sp³-hybridized carbons (Fsp3) is 0.480. The lowest BCUT2D eigenvalue weighted by Gasteiger charge is -2.35. The van der Waals surface area contributed by atoms with Crippen LogP contribution in [-0.4, -0.2) is 69.8 Å². The highest BCUT2D eigenvalue weighted by molar-refractivity contribution is 5.77. The molecule has 1 saturated heterocycles. The summed E-state index contributed by atoms with van der Waals surface area (Å²) in [6.45, 7) is 7.99. The third-order valence-corrected chi connectivity index (χ3v) is 5.81. The topological polar surface area (TPSA) is 60.5 Å². The molecule has 0 atom stereocenters. The number of benzene rings is 2. The van der Waals surface area contributed by atoms with Crippen molar-refractivity contribution in [1.82, 2.24) is 9.80 Å². The van der Waals surface area contributed by atoms with Gasteiger partial charge in [-0.05, 0) is 29.7 Å². The molecule has 0 aliphatic carbocycles. The second-order valence-electron chi connectivity index (χ2n) is 8.16. The van der Waals surface area contributed by atoms with Crippen molar-refractivity contribution in [3.8, 4) is 23.0 Å². The smallest absolute Gasteiger partial charge is 0.260 e. The Balaban J connectivity index is 1.51. The highest BCUT2D eigenvalue weighted by Crippen LogP contribution is 2.40. The maximum absolute atomic E-state index is 12.6. The largest absolute Gasteiger partial charge is 0.493 e. The predicted molar refractivity (Wildman–Crippen MR) is 124 cm³/mol. The number of piperazine rings is 1. The lowest BCUT2D eigenvalue weighted by Crippen LogP contribution is -2.49. The van der Waals surface area contributed by atoms with E-state index in [0.29, 0.717) is 42.8 Å². The number of methoxy groups -OCH3 is 3. The molecule has 174 valence electrons. The van der Waals surface area contributed by atoms with E-state index in [2.05, 4.69) is 18.7 Å². The minimum Gasteiger partial charge on any atom is -0.493 e. The summed E-state index contributed by atoms with van der Waals surface area (Å²) in [5.41, 5.74) is 2.28.